The van der Waals surface area contributed by atoms with E-state index in [0.29, 0.717) is 11.6 Å². The van der Waals surface area contributed by atoms with E-state index in [-0.39, 0.29) is 18.0 Å². The number of hydrogen-bond donors (Lipinski definition) is 2. The van der Waals surface area contributed by atoms with Crippen molar-refractivity contribution in [2.24, 2.45) is 5.73 Å². The maximum Gasteiger partial charge on any atom is 0.273 e. The molecule has 23 heavy (non-hydrogen) atoms. The zero-order valence-corrected chi connectivity index (χ0v) is 13.4. The summed E-state index contributed by atoms with van der Waals surface area (Å²) < 4.78 is 5.36. The van der Waals surface area contributed by atoms with Gasteiger partial charge in [0.25, 0.3) is 5.91 Å². The van der Waals surface area contributed by atoms with Crippen molar-refractivity contribution in [3.63, 3.8) is 0 Å². The SMILES string of the molecule is CCCC(N)c1nc(C(=O)NC2CCCc3ccccc32)co1. The van der Waals surface area contributed by atoms with Crippen molar-refractivity contribution in [3.05, 3.63) is 53.2 Å². The van der Waals surface area contributed by atoms with Gasteiger partial charge in [-0.2, -0.15) is 0 Å². The Bertz CT molecular complexity index is 680. The van der Waals surface area contributed by atoms with E-state index in [1.165, 1.54) is 17.4 Å². The number of hydrogen-bond acceptors (Lipinski definition) is 4. The summed E-state index contributed by atoms with van der Waals surface area (Å²) in [6, 6.07) is 8.06. The second-order valence-electron chi connectivity index (χ2n) is 6.08. The lowest BCUT2D eigenvalue weighted by atomic mass is 9.88. The van der Waals surface area contributed by atoms with Crippen LogP contribution in [-0.2, 0) is 6.42 Å². The third kappa shape index (κ3) is 3.45. The van der Waals surface area contributed by atoms with Gasteiger partial charge < -0.3 is 15.5 Å². The highest BCUT2D eigenvalue weighted by Crippen LogP contribution is 2.29. The number of carbonyl (C=O) groups excluding carboxylic acids is 1. The molecule has 2 unspecified atom stereocenters. The zero-order valence-electron chi connectivity index (χ0n) is 13.4. The highest BCUT2D eigenvalue weighted by molar-refractivity contribution is 5.92. The molecule has 1 aliphatic carbocycles. The lowest BCUT2D eigenvalue weighted by molar-refractivity contribution is 0.0927. The monoisotopic (exact) mass is 313 g/mol. The molecule has 0 aliphatic heterocycles. The molecule has 3 rings (SSSR count). The summed E-state index contributed by atoms with van der Waals surface area (Å²) in [6.07, 6.45) is 6.23. The standard InChI is InChI=1S/C18H23N3O2/c1-2-6-14(19)18-21-16(11-23-18)17(22)20-15-10-5-8-12-7-3-4-9-13(12)15/h3-4,7,9,11,14-15H,2,5-6,8,10,19H2,1H3,(H,20,22). The summed E-state index contributed by atoms with van der Waals surface area (Å²) in [6.45, 7) is 2.05. The van der Waals surface area contributed by atoms with Gasteiger partial charge in [-0.15, -0.1) is 0 Å². The van der Waals surface area contributed by atoms with Gasteiger partial charge in [-0.05, 0) is 36.8 Å². The molecule has 1 amide bonds. The van der Waals surface area contributed by atoms with Crippen LogP contribution in [0, 0.1) is 0 Å². The Balaban J connectivity index is 1.71. The fraction of sp³-hybridized carbons (Fsp3) is 0.444. The summed E-state index contributed by atoms with van der Waals surface area (Å²) in [4.78, 5) is 16.7. The minimum Gasteiger partial charge on any atom is -0.446 e. The Morgan fingerprint density at radius 3 is 3.13 bits per heavy atom. The Kier molecular flexibility index (Phi) is 4.76. The van der Waals surface area contributed by atoms with Gasteiger partial charge in [-0.25, -0.2) is 4.98 Å². The van der Waals surface area contributed by atoms with Crippen LogP contribution in [0.4, 0.5) is 0 Å². The van der Waals surface area contributed by atoms with E-state index in [0.717, 1.165) is 32.1 Å². The van der Waals surface area contributed by atoms with Crippen LogP contribution in [0.25, 0.3) is 0 Å². The number of fused-ring (bicyclic) bond motifs is 1. The van der Waals surface area contributed by atoms with Crippen molar-refractivity contribution < 1.29 is 9.21 Å². The number of amides is 1. The summed E-state index contributed by atoms with van der Waals surface area (Å²) in [5.41, 5.74) is 8.80. The van der Waals surface area contributed by atoms with Gasteiger partial charge in [0.2, 0.25) is 5.89 Å². The Labute approximate surface area is 136 Å². The topological polar surface area (TPSA) is 81.1 Å². The number of aryl methyl sites for hydroxylation is 1. The quantitative estimate of drug-likeness (QED) is 0.887. The second kappa shape index (κ2) is 6.96. The smallest absolute Gasteiger partial charge is 0.273 e. The van der Waals surface area contributed by atoms with E-state index in [4.69, 9.17) is 10.2 Å². The van der Waals surface area contributed by atoms with Crippen LogP contribution < -0.4 is 11.1 Å². The fourth-order valence-electron chi connectivity index (χ4n) is 3.13. The predicted octanol–water partition coefficient (Wildman–Crippen LogP) is 3.28. The average molecular weight is 313 g/mol. The molecular weight excluding hydrogens is 290 g/mol. The van der Waals surface area contributed by atoms with Gasteiger partial charge in [0.1, 0.15) is 6.26 Å². The van der Waals surface area contributed by atoms with Crippen molar-refractivity contribution in [1.29, 1.82) is 0 Å². The highest BCUT2D eigenvalue weighted by Gasteiger charge is 2.23. The Morgan fingerprint density at radius 2 is 2.30 bits per heavy atom. The number of nitrogens with zero attached hydrogens (tertiary/aromatic N) is 1. The van der Waals surface area contributed by atoms with Crippen LogP contribution in [0.2, 0.25) is 0 Å². The summed E-state index contributed by atoms with van der Waals surface area (Å²) >= 11 is 0. The van der Waals surface area contributed by atoms with E-state index in [1.54, 1.807) is 0 Å². The third-order valence-electron chi connectivity index (χ3n) is 4.35. The summed E-state index contributed by atoms with van der Waals surface area (Å²) in [7, 11) is 0. The van der Waals surface area contributed by atoms with Crippen molar-refractivity contribution in [2.45, 2.75) is 51.1 Å². The molecule has 5 nitrogen and oxygen atoms in total. The highest BCUT2D eigenvalue weighted by atomic mass is 16.3. The molecule has 1 heterocycles. The molecule has 0 spiro atoms. The van der Waals surface area contributed by atoms with Gasteiger partial charge in [0, 0.05) is 0 Å². The molecule has 0 saturated heterocycles. The first-order valence-electron chi connectivity index (χ1n) is 8.28. The molecule has 2 atom stereocenters. The van der Waals surface area contributed by atoms with Gasteiger partial charge in [-0.1, -0.05) is 37.6 Å². The molecule has 122 valence electrons. The normalized spacial score (nSPS) is 18.3. The lowest BCUT2D eigenvalue weighted by Crippen LogP contribution is -2.31. The van der Waals surface area contributed by atoms with E-state index in [9.17, 15) is 4.79 Å². The molecule has 0 fully saturated rings. The molecule has 1 aromatic carbocycles. The van der Waals surface area contributed by atoms with Crippen LogP contribution >= 0.6 is 0 Å². The largest absolute Gasteiger partial charge is 0.446 e. The Hall–Kier alpha value is -2.14. The second-order valence-corrected chi connectivity index (χ2v) is 6.08. The fourth-order valence-corrected chi connectivity index (χ4v) is 3.13. The molecular formula is C18H23N3O2. The zero-order chi connectivity index (χ0) is 16.2. The molecule has 5 heteroatoms. The van der Waals surface area contributed by atoms with E-state index in [1.807, 2.05) is 12.1 Å². The summed E-state index contributed by atoms with van der Waals surface area (Å²) in [5.74, 6) is 0.228. The number of carbonyl (C=O) groups is 1. The van der Waals surface area contributed by atoms with E-state index < -0.39 is 0 Å². The molecule has 1 aromatic heterocycles. The van der Waals surface area contributed by atoms with Crippen molar-refractivity contribution in [1.82, 2.24) is 10.3 Å². The number of nitrogens with one attached hydrogen (secondary N) is 1. The maximum atomic E-state index is 12.4. The minimum atomic E-state index is -0.253. The molecule has 2 aromatic rings. The van der Waals surface area contributed by atoms with Crippen molar-refractivity contribution in [3.8, 4) is 0 Å². The first-order valence-corrected chi connectivity index (χ1v) is 8.28. The number of nitrogens with two attached hydrogens (primary N) is 1. The summed E-state index contributed by atoms with van der Waals surface area (Å²) in [5, 5.41) is 3.07. The predicted molar refractivity (Wildman–Crippen MR) is 87.9 cm³/mol. The third-order valence-corrected chi connectivity index (χ3v) is 4.35. The van der Waals surface area contributed by atoms with Crippen LogP contribution in [0.3, 0.4) is 0 Å². The van der Waals surface area contributed by atoms with E-state index >= 15 is 0 Å². The number of rotatable bonds is 5. The van der Waals surface area contributed by atoms with Crippen LogP contribution in [-0.4, -0.2) is 10.9 Å². The molecule has 0 saturated carbocycles. The van der Waals surface area contributed by atoms with Gasteiger partial charge >= 0.3 is 0 Å². The minimum absolute atomic E-state index is 0.0388. The number of aromatic nitrogens is 1. The van der Waals surface area contributed by atoms with Gasteiger partial charge in [0.05, 0.1) is 12.1 Å². The van der Waals surface area contributed by atoms with Gasteiger partial charge in [0.15, 0.2) is 5.69 Å². The Morgan fingerprint density at radius 1 is 1.48 bits per heavy atom. The number of oxazole rings is 1. The van der Waals surface area contributed by atoms with Crippen molar-refractivity contribution in [2.75, 3.05) is 0 Å². The van der Waals surface area contributed by atoms with Crippen LogP contribution in [0.5, 0.6) is 0 Å². The van der Waals surface area contributed by atoms with Gasteiger partial charge in [-0.3, -0.25) is 4.79 Å². The van der Waals surface area contributed by atoms with Crippen LogP contribution in [0.1, 0.15) is 72.2 Å². The molecule has 3 N–H and O–H groups in total. The van der Waals surface area contributed by atoms with Crippen LogP contribution in [0.15, 0.2) is 34.9 Å². The molecule has 0 bridgehead atoms. The maximum absolute atomic E-state index is 12.4. The molecule has 0 radical (unpaired) electrons. The average Bonchev–Trinajstić information content (AvgIpc) is 3.06. The van der Waals surface area contributed by atoms with Crippen molar-refractivity contribution >= 4 is 5.91 Å². The molecule has 1 aliphatic rings. The van der Waals surface area contributed by atoms with E-state index in [2.05, 4.69) is 29.4 Å². The first kappa shape index (κ1) is 15.7. The number of benzene rings is 1. The lowest BCUT2D eigenvalue weighted by Gasteiger charge is -2.25. The first-order chi connectivity index (χ1) is 11.2.